The lowest BCUT2D eigenvalue weighted by Crippen LogP contribution is -2.22. The number of primary amides is 1. The van der Waals surface area contributed by atoms with Gasteiger partial charge in [0.15, 0.2) is 0 Å². The number of benzene rings is 1. The molecule has 0 aliphatic carbocycles. The minimum Gasteiger partial charge on any atom is -0.400 e. The van der Waals surface area contributed by atoms with Crippen LogP contribution in [0.3, 0.4) is 0 Å². The summed E-state index contributed by atoms with van der Waals surface area (Å²) >= 11 is 4.11. The number of nitrogens with two attached hydrogens (primary N) is 2. The maximum absolute atomic E-state index is 9.40. The van der Waals surface area contributed by atoms with Crippen molar-refractivity contribution >= 4 is 25.3 Å². The van der Waals surface area contributed by atoms with Crippen LogP contribution in [-0.4, -0.2) is 32.6 Å². The van der Waals surface area contributed by atoms with Gasteiger partial charge in [0.05, 0.1) is 12.8 Å². The number of hydrogen-bond donors (Lipinski definition) is 4. The van der Waals surface area contributed by atoms with Crippen molar-refractivity contribution in [3.05, 3.63) is 48.2 Å². The first-order valence-corrected chi connectivity index (χ1v) is 9.93. The number of aldehydes is 1. The van der Waals surface area contributed by atoms with Crippen LogP contribution < -0.4 is 16.8 Å². The van der Waals surface area contributed by atoms with Crippen molar-refractivity contribution in [1.29, 1.82) is 0 Å². The molecule has 1 amide bonds. The standard InChI is InChI=1S/C7H8S.C6H14N2O.C4H8O.C3H8.CH3NO/c8-6-7-4-2-1-3-5-7;1-5(7)6(2)9-4-8-3;1-2-3-4-5;1-3-2;2-1-3/h1-5,8H,6H2;6,8H,1,4,7H2,2-3H3;4H,2-3H2,1H3;3H2,1-2H3;1H,(H2,2,3). The summed E-state index contributed by atoms with van der Waals surface area (Å²) in [7, 11) is 1.81. The highest BCUT2D eigenvalue weighted by molar-refractivity contribution is 7.79. The number of carbonyl (C=O) groups is 2. The number of ether oxygens (including phenoxy) is 1. The molecule has 0 saturated carbocycles. The molecule has 164 valence electrons. The van der Waals surface area contributed by atoms with Crippen molar-refractivity contribution in [2.24, 2.45) is 11.5 Å². The van der Waals surface area contributed by atoms with Crippen molar-refractivity contribution in [2.45, 2.75) is 58.8 Å². The maximum Gasteiger partial charge on any atom is 0.204 e. The Hall–Kier alpha value is -1.83. The molecule has 1 unspecified atom stereocenters. The van der Waals surface area contributed by atoms with Gasteiger partial charge in [0.2, 0.25) is 6.41 Å². The Morgan fingerprint density at radius 1 is 1.25 bits per heavy atom. The molecule has 0 heterocycles. The van der Waals surface area contributed by atoms with Gasteiger partial charge in [-0.25, -0.2) is 0 Å². The van der Waals surface area contributed by atoms with Gasteiger partial charge in [0.1, 0.15) is 6.29 Å². The zero-order chi connectivity index (χ0) is 22.6. The summed E-state index contributed by atoms with van der Waals surface area (Å²) in [4.78, 5) is 18.0. The zero-order valence-corrected chi connectivity index (χ0v) is 19.1. The van der Waals surface area contributed by atoms with Crippen molar-refractivity contribution in [3.8, 4) is 0 Å². The number of nitrogens with one attached hydrogen (secondary N) is 1. The quantitative estimate of drug-likeness (QED) is 0.309. The minimum atomic E-state index is -0.0579. The molecule has 0 radical (unpaired) electrons. The summed E-state index contributed by atoms with van der Waals surface area (Å²) < 4.78 is 5.12. The van der Waals surface area contributed by atoms with E-state index >= 15 is 0 Å². The van der Waals surface area contributed by atoms with Crippen molar-refractivity contribution in [3.63, 3.8) is 0 Å². The van der Waals surface area contributed by atoms with E-state index in [1.165, 1.54) is 12.0 Å². The van der Waals surface area contributed by atoms with Crippen molar-refractivity contribution < 1.29 is 14.3 Å². The molecular formula is C21H41N3O3S. The van der Waals surface area contributed by atoms with E-state index in [1.54, 1.807) is 0 Å². The molecule has 1 aromatic rings. The predicted molar refractivity (Wildman–Crippen MR) is 124 cm³/mol. The van der Waals surface area contributed by atoms with Crippen LogP contribution in [0.4, 0.5) is 0 Å². The molecule has 0 aromatic heterocycles. The average molecular weight is 416 g/mol. The van der Waals surface area contributed by atoms with Gasteiger partial charge in [-0.1, -0.05) is 64.1 Å². The maximum atomic E-state index is 9.40. The lowest BCUT2D eigenvalue weighted by atomic mass is 10.2. The third kappa shape index (κ3) is 39.3. The summed E-state index contributed by atoms with van der Waals surface area (Å²) in [6.45, 7) is 12.1. The number of thiol groups is 1. The lowest BCUT2D eigenvalue weighted by Gasteiger charge is -2.10. The third-order valence-corrected chi connectivity index (χ3v) is 2.80. The monoisotopic (exact) mass is 415 g/mol. The Morgan fingerprint density at radius 2 is 1.71 bits per heavy atom. The number of unbranched alkanes of at least 4 members (excludes halogenated alkanes) is 1. The number of amides is 1. The Labute approximate surface area is 177 Å². The van der Waals surface area contributed by atoms with E-state index < -0.39 is 0 Å². The summed E-state index contributed by atoms with van der Waals surface area (Å²) in [5, 5.41) is 2.83. The van der Waals surface area contributed by atoms with Crippen molar-refractivity contribution in [2.75, 3.05) is 13.8 Å². The van der Waals surface area contributed by atoms with E-state index in [2.05, 4.69) is 56.2 Å². The first-order chi connectivity index (χ1) is 13.4. The van der Waals surface area contributed by atoms with Crippen LogP contribution in [0.2, 0.25) is 0 Å². The summed E-state index contributed by atoms with van der Waals surface area (Å²) in [6.07, 6.45) is 4.06. The van der Waals surface area contributed by atoms with Crippen LogP contribution in [0.1, 0.15) is 52.5 Å². The largest absolute Gasteiger partial charge is 0.400 e. The Kier molecular flexibility index (Phi) is 39.5. The second-order valence-electron chi connectivity index (χ2n) is 5.32. The molecule has 0 aliphatic heterocycles. The fourth-order valence-electron chi connectivity index (χ4n) is 1.02. The average Bonchev–Trinajstić information content (AvgIpc) is 2.69. The van der Waals surface area contributed by atoms with E-state index in [4.69, 9.17) is 15.3 Å². The molecule has 1 atom stereocenters. The second-order valence-corrected chi connectivity index (χ2v) is 5.64. The van der Waals surface area contributed by atoms with E-state index in [0.29, 0.717) is 18.8 Å². The highest BCUT2D eigenvalue weighted by atomic mass is 32.1. The van der Waals surface area contributed by atoms with Crippen LogP contribution in [-0.2, 0) is 20.1 Å². The van der Waals surface area contributed by atoms with E-state index in [1.807, 2.05) is 39.1 Å². The van der Waals surface area contributed by atoms with Crippen LogP contribution in [0, 0.1) is 0 Å². The molecule has 0 bridgehead atoms. The fraction of sp³-hybridized carbons (Fsp3) is 0.524. The van der Waals surface area contributed by atoms with E-state index in [9.17, 15) is 4.79 Å². The fourth-order valence-corrected chi connectivity index (χ4v) is 1.23. The van der Waals surface area contributed by atoms with Gasteiger partial charge in [-0.15, -0.1) is 0 Å². The van der Waals surface area contributed by atoms with Crippen LogP contribution in [0.5, 0.6) is 0 Å². The number of carbonyl (C=O) groups excluding carboxylic acids is 2. The van der Waals surface area contributed by atoms with Crippen LogP contribution in [0.25, 0.3) is 0 Å². The van der Waals surface area contributed by atoms with Crippen LogP contribution in [0.15, 0.2) is 42.6 Å². The molecule has 1 aromatic carbocycles. The molecule has 7 heteroatoms. The van der Waals surface area contributed by atoms with Gasteiger partial charge in [-0.3, -0.25) is 10.1 Å². The first kappa shape index (κ1) is 33.7. The summed E-state index contributed by atoms with van der Waals surface area (Å²) in [6, 6.07) is 10.2. The van der Waals surface area contributed by atoms with Crippen molar-refractivity contribution in [1.82, 2.24) is 5.32 Å². The molecule has 0 aliphatic rings. The topological polar surface area (TPSA) is 107 Å². The SMILES string of the molecule is C=C(N)C(C)OCNC.CCC.CCCC=O.NC=O.SCc1ccccc1. The van der Waals surface area contributed by atoms with Gasteiger partial charge in [-0.2, -0.15) is 12.6 Å². The first-order valence-electron chi connectivity index (χ1n) is 9.30. The van der Waals surface area contributed by atoms with Gasteiger partial charge in [-0.05, 0) is 26.0 Å². The molecule has 1 rings (SSSR count). The molecule has 0 fully saturated rings. The minimum absolute atomic E-state index is 0.0579. The van der Waals surface area contributed by atoms with Gasteiger partial charge >= 0.3 is 0 Å². The normalized spacial score (nSPS) is 9.21. The molecule has 6 nitrogen and oxygen atoms in total. The highest BCUT2D eigenvalue weighted by Crippen LogP contribution is 2.00. The molecule has 0 saturated heterocycles. The summed E-state index contributed by atoms with van der Waals surface area (Å²) in [5.74, 6) is 0.834. The Morgan fingerprint density at radius 3 is 1.93 bits per heavy atom. The number of rotatable bonds is 7. The molecular weight excluding hydrogens is 374 g/mol. The van der Waals surface area contributed by atoms with Crippen LogP contribution >= 0.6 is 12.6 Å². The van der Waals surface area contributed by atoms with E-state index in [-0.39, 0.29) is 12.5 Å². The Bertz CT molecular complexity index is 432. The highest BCUT2D eigenvalue weighted by Gasteiger charge is 1.99. The van der Waals surface area contributed by atoms with Gasteiger partial charge in [0, 0.05) is 17.9 Å². The number of hydrogen-bond acceptors (Lipinski definition) is 6. The second kappa shape index (κ2) is 32.8. The Balaban J connectivity index is -0.000000139. The molecule has 5 N–H and O–H groups in total. The third-order valence-electron chi connectivity index (χ3n) is 2.43. The molecule has 0 spiro atoms. The smallest absolute Gasteiger partial charge is 0.204 e. The lowest BCUT2D eigenvalue weighted by molar-refractivity contribution is -0.108. The van der Waals surface area contributed by atoms with E-state index in [0.717, 1.165) is 18.5 Å². The predicted octanol–water partition coefficient (Wildman–Crippen LogP) is 3.66. The van der Waals surface area contributed by atoms with Gasteiger partial charge < -0.3 is 21.0 Å². The summed E-state index contributed by atoms with van der Waals surface area (Å²) in [5.41, 5.74) is 11.3. The molecule has 28 heavy (non-hydrogen) atoms. The zero-order valence-electron chi connectivity index (χ0n) is 18.2. The van der Waals surface area contributed by atoms with Gasteiger partial charge in [0.25, 0.3) is 0 Å².